The van der Waals surface area contributed by atoms with Crippen molar-refractivity contribution in [2.24, 2.45) is 5.41 Å². The molecular formula is C16H23ClN2O2S. The third kappa shape index (κ3) is 3.32. The van der Waals surface area contributed by atoms with Crippen molar-refractivity contribution >= 4 is 21.6 Å². The average Bonchev–Trinajstić information content (AvgIpc) is 2.90. The summed E-state index contributed by atoms with van der Waals surface area (Å²) < 4.78 is 27.1. The number of hydrogen-bond acceptors (Lipinski definition) is 3. The van der Waals surface area contributed by atoms with E-state index >= 15 is 0 Å². The lowest BCUT2D eigenvalue weighted by Crippen LogP contribution is -2.40. The van der Waals surface area contributed by atoms with Gasteiger partial charge in [-0.05, 0) is 56.4 Å². The molecule has 0 saturated carbocycles. The van der Waals surface area contributed by atoms with Gasteiger partial charge < -0.3 is 4.90 Å². The number of nitrogens with zero attached hydrogens (tertiary/aromatic N) is 2. The van der Waals surface area contributed by atoms with Crippen molar-refractivity contribution in [1.82, 2.24) is 9.21 Å². The Morgan fingerprint density at radius 2 is 1.77 bits per heavy atom. The van der Waals surface area contributed by atoms with Gasteiger partial charge in [0, 0.05) is 18.1 Å². The molecule has 2 aliphatic heterocycles. The molecule has 4 nitrogen and oxygen atoms in total. The molecule has 3 rings (SSSR count). The zero-order valence-corrected chi connectivity index (χ0v) is 14.5. The number of halogens is 1. The first-order valence-corrected chi connectivity index (χ1v) is 9.79. The molecule has 1 spiro atoms. The van der Waals surface area contributed by atoms with Crippen molar-refractivity contribution in [3.05, 3.63) is 34.9 Å². The van der Waals surface area contributed by atoms with Crippen LogP contribution in [0.4, 0.5) is 0 Å². The van der Waals surface area contributed by atoms with Gasteiger partial charge in [-0.2, -0.15) is 0 Å². The van der Waals surface area contributed by atoms with Crippen molar-refractivity contribution in [3.63, 3.8) is 0 Å². The van der Waals surface area contributed by atoms with Crippen LogP contribution in [0.15, 0.2) is 24.3 Å². The second-order valence-electron chi connectivity index (χ2n) is 6.73. The molecular weight excluding hydrogens is 320 g/mol. The van der Waals surface area contributed by atoms with E-state index in [0.717, 1.165) is 32.4 Å². The zero-order chi connectivity index (χ0) is 15.8. The van der Waals surface area contributed by atoms with Gasteiger partial charge in [-0.1, -0.05) is 29.8 Å². The summed E-state index contributed by atoms with van der Waals surface area (Å²) in [5, 5.41) is 0.527. The Morgan fingerprint density at radius 1 is 1.14 bits per heavy atom. The van der Waals surface area contributed by atoms with Crippen molar-refractivity contribution in [3.8, 4) is 0 Å². The van der Waals surface area contributed by atoms with E-state index in [1.807, 2.05) is 12.1 Å². The lowest BCUT2D eigenvalue weighted by Gasteiger charge is -2.37. The van der Waals surface area contributed by atoms with Gasteiger partial charge in [-0.3, -0.25) is 0 Å². The van der Waals surface area contributed by atoms with Crippen LogP contribution in [0, 0.1) is 5.41 Å². The van der Waals surface area contributed by atoms with Crippen molar-refractivity contribution in [1.29, 1.82) is 0 Å². The fourth-order valence-electron chi connectivity index (χ4n) is 3.54. The molecule has 1 aromatic rings. The smallest absolute Gasteiger partial charge is 0.218 e. The average molecular weight is 343 g/mol. The third-order valence-corrected chi connectivity index (χ3v) is 7.28. The molecule has 0 radical (unpaired) electrons. The summed E-state index contributed by atoms with van der Waals surface area (Å²) >= 11 is 6.11. The van der Waals surface area contributed by atoms with E-state index in [2.05, 4.69) is 11.9 Å². The zero-order valence-electron chi connectivity index (χ0n) is 13.0. The van der Waals surface area contributed by atoms with Crippen LogP contribution in [0.25, 0.3) is 0 Å². The highest BCUT2D eigenvalue weighted by molar-refractivity contribution is 7.88. The molecule has 2 aliphatic rings. The molecule has 0 amide bonds. The topological polar surface area (TPSA) is 40.6 Å². The van der Waals surface area contributed by atoms with Crippen molar-refractivity contribution < 1.29 is 8.42 Å². The predicted octanol–water partition coefficient (Wildman–Crippen LogP) is 2.59. The fraction of sp³-hybridized carbons (Fsp3) is 0.625. The van der Waals surface area contributed by atoms with Crippen LogP contribution in [0.5, 0.6) is 0 Å². The van der Waals surface area contributed by atoms with E-state index in [4.69, 9.17) is 11.6 Å². The Balaban J connectivity index is 1.70. The van der Waals surface area contributed by atoms with E-state index in [1.165, 1.54) is 0 Å². The maximum atomic E-state index is 12.7. The van der Waals surface area contributed by atoms with Crippen LogP contribution in [-0.2, 0) is 15.8 Å². The van der Waals surface area contributed by atoms with E-state index < -0.39 is 10.0 Å². The minimum absolute atomic E-state index is 0.00264. The van der Waals surface area contributed by atoms with Crippen LogP contribution < -0.4 is 0 Å². The Hall–Kier alpha value is -0.620. The monoisotopic (exact) mass is 342 g/mol. The first kappa shape index (κ1) is 16.2. The first-order valence-electron chi connectivity index (χ1n) is 7.80. The summed E-state index contributed by atoms with van der Waals surface area (Å²) in [6.45, 7) is 3.46. The Bertz CT molecular complexity index is 639. The number of piperidine rings is 1. The Morgan fingerprint density at radius 3 is 2.45 bits per heavy atom. The summed E-state index contributed by atoms with van der Waals surface area (Å²) in [5.41, 5.74) is 0.883. The highest BCUT2D eigenvalue weighted by Crippen LogP contribution is 2.41. The predicted molar refractivity (Wildman–Crippen MR) is 89.4 cm³/mol. The lowest BCUT2D eigenvalue weighted by atomic mass is 9.78. The molecule has 0 aromatic heterocycles. The van der Waals surface area contributed by atoms with E-state index in [9.17, 15) is 8.42 Å². The minimum Gasteiger partial charge on any atom is -0.306 e. The summed E-state index contributed by atoms with van der Waals surface area (Å²) in [6.07, 6.45) is 3.19. The quantitative estimate of drug-likeness (QED) is 0.847. The molecule has 22 heavy (non-hydrogen) atoms. The highest BCUT2D eigenvalue weighted by atomic mass is 35.5. The molecule has 0 aliphatic carbocycles. The van der Waals surface area contributed by atoms with E-state index in [0.29, 0.717) is 23.7 Å². The molecule has 0 atom stereocenters. The standard InChI is InChI=1S/C16H23ClN2O2S/c1-18-9-6-16(7-10-18)8-11-19(13-16)22(20,21)12-14-4-2-3-5-15(14)17/h2-5H,6-13H2,1H3. The summed E-state index contributed by atoms with van der Waals surface area (Å²) in [4.78, 5) is 2.33. The third-order valence-electron chi connectivity index (χ3n) is 5.14. The summed E-state index contributed by atoms with van der Waals surface area (Å²) in [5.74, 6) is 0.00264. The van der Waals surface area contributed by atoms with Crippen LogP contribution in [0.3, 0.4) is 0 Å². The van der Waals surface area contributed by atoms with Crippen molar-refractivity contribution in [2.75, 3.05) is 33.2 Å². The molecule has 2 fully saturated rings. The van der Waals surface area contributed by atoms with Crippen LogP contribution >= 0.6 is 11.6 Å². The number of likely N-dealkylation sites (tertiary alicyclic amines) is 1. The number of rotatable bonds is 3. The van der Waals surface area contributed by atoms with Crippen LogP contribution in [0.1, 0.15) is 24.8 Å². The summed E-state index contributed by atoms with van der Waals surface area (Å²) in [6, 6.07) is 7.19. The first-order chi connectivity index (χ1) is 10.4. The second kappa shape index (κ2) is 6.11. The number of benzene rings is 1. The largest absolute Gasteiger partial charge is 0.306 e. The SMILES string of the molecule is CN1CCC2(CC1)CCN(S(=O)(=O)Cc1ccccc1Cl)C2. The van der Waals surface area contributed by atoms with E-state index in [-0.39, 0.29) is 11.2 Å². The highest BCUT2D eigenvalue weighted by Gasteiger charge is 2.43. The maximum absolute atomic E-state index is 12.7. The van der Waals surface area contributed by atoms with Crippen LogP contribution in [0.2, 0.25) is 5.02 Å². The van der Waals surface area contributed by atoms with Gasteiger partial charge in [0.1, 0.15) is 0 Å². The van der Waals surface area contributed by atoms with Gasteiger partial charge >= 0.3 is 0 Å². The van der Waals surface area contributed by atoms with Gasteiger partial charge in [-0.15, -0.1) is 0 Å². The Labute approximate surface area is 138 Å². The van der Waals surface area contributed by atoms with Gasteiger partial charge in [0.2, 0.25) is 10.0 Å². The maximum Gasteiger partial charge on any atom is 0.218 e. The molecule has 0 unspecified atom stereocenters. The second-order valence-corrected chi connectivity index (χ2v) is 9.11. The molecule has 2 heterocycles. The molecule has 6 heteroatoms. The van der Waals surface area contributed by atoms with Gasteiger partial charge in [0.25, 0.3) is 0 Å². The summed E-state index contributed by atoms with van der Waals surface area (Å²) in [7, 11) is -1.16. The van der Waals surface area contributed by atoms with Crippen molar-refractivity contribution in [2.45, 2.75) is 25.0 Å². The van der Waals surface area contributed by atoms with E-state index in [1.54, 1.807) is 16.4 Å². The number of sulfonamides is 1. The Kier molecular flexibility index (Phi) is 4.52. The van der Waals surface area contributed by atoms with Gasteiger partial charge in [0.05, 0.1) is 5.75 Å². The fourth-order valence-corrected chi connectivity index (χ4v) is 5.48. The molecule has 0 N–H and O–H groups in total. The lowest BCUT2D eigenvalue weighted by molar-refractivity contribution is 0.134. The normalized spacial score (nSPS) is 23.2. The minimum atomic E-state index is -3.29. The van der Waals surface area contributed by atoms with Gasteiger partial charge in [-0.25, -0.2) is 12.7 Å². The number of hydrogen-bond donors (Lipinski definition) is 0. The van der Waals surface area contributed by atoms with Gasteiger partial charge in [0.15, 0.2) is 0 Å². The van der Waals surface area contributed by atoms with Crippen LogP contribution in [-0.4, -0.2) is 50.8 Å². The molecule has 0 bridgehead atoms. The molecule has 2 saturated heterocycles. The molecule has 122 valence electrons. The molecule has 1 aromatic carbocycles.